The number of rotatable bonds is 4. The first-order valence-electron chi connectivity index (χ1n) is 6.19. The summed E-state index contributed by atoms with van der Waals surface area (Å²) in [5.41, 5.74) is 0.839. The van der Waals surface area contributed by atoms with Gasteiger partial charge in [0.15, 0.2) is 0 Å². The summed E-state index contributed by atoms with van der Waals surface area (Å²) >= 11 is 0. The van der Waals surface area contributed by atoms with E-state index in [-0.39, 0.29) is 36.5 Å². The molecule has 0 aromatic carbocycles. The lowest BCUT2D eigenvalue weighted by molar-refractivity contribution is -0.153. The van der Waals surface area contributed by atoms with E-state index in [4.69, 9.17) is 14.6 Å². The Morgan fingerprint density at radius 1 is 1.45 bits per heavy atom. The number of carboxylic acids is 1. The Bertz CT molecular complexity index is 498. The lowest BCUT2D eigenvalue weighted by atomic mass is 10.1. The van der Waals surface area contributed by atoms with Crippen LogP contribution in [0.5, 0.6) is 0 Å². The lowest BCUT2D eigenvalue weighted by Gasteiger charge is -2.33. The molecular formula is C13H18Cl2N2O5. The first kappa shape index (κ1) is 20.6. The Kier molecular flexibility index (Phi) is 8.96. The summed E-state index contributed by atoms with van der Waals surface area (Å²) in [5.74, 6) is -1.39. The number of aromatic nitrogens is 1. The van der Waals surface area contributed by atoms with Crippen molar-refractivity contribution in [2.75, 3.05) is 26.9 Å². The third kappa shape index (κ3) is 5.10. The van der Waals surface area contributed by atoms with Crippen molar-refractivity contribution in [1.29, 1.82) is 0 Å². The topological polar surface area (TPSA) is 89.0 Å². The van der Waals surface area contributed by atoms with E-state index >= 15 is 0 Å². The van der Waals surface area contributed by atoms with E-state index in [1.165, 1.54) is 19.4 Å². The number of hydrogen-bond donors (Lipinski definition) is 1. The largest absolute Gasteiger partial charge is 0.477 e. The Balaban J connectivity index is 0.00000220. The van der Waals surface area contributed by atoms with Crippen LogP contribution >= 0.6 is 24.8 Å². The molecule has 124 valence electrons. The first-order chi connectivity index (χ1) is 9.61. The summed E-state index contributed by atoms with van der Waals surface area (Å²) in [5, 5.41) is 8.79. The van der Waals surface area contributed by atoms with Crippen molar-refractivity contribution >= 4 is 36.8 Å². The molecular weight excluding hydrogens is 335 g/mol. The third-order valence-electron chi connectivity index (χ3n) is 3.14. The summed E-state index contributed by atoms with van der Waals surface area (Å²) in [7, 11) is 1.35. The lowest BCUT2D eigenvalue weighted by Crippen LogP contribution is -2.49. The van der Waals surface area contributed by atoms with Crippen LogP contribution in [0.3, 0.4) is 0 Å². The predicted molar refractivity (Wildman–Crippen MR) is 82.7 cm³/mol. The van der Waals surface area contributed by atoms with Gasteiger partial charge in [0.25, 0.3) is 0 Å². The summed E-state index contributed by atoms with van der Waals surface area (Å²) in [4.78, 5) is 28.2. The second-order valence-corrected chi connectivity index (χ2v) is 4.44. The van der Waals surface area contributed by atoms with Gasteiger partial charge in [-0.15, -0.1) is 24.8 Å². The number of esters is 1. The van der Waals surface area contributed by atoms with Gasteiger partial charge in [-0.2, -0.15) is 0 Å². The molecule has 1 N–H and O–H groups in total. The zero-order valence-corrected chi connectivity index (χ0v) is 13.6. The maximum atomic E-state index is 11.7. The molecule has 2 heterocycles. The molecule has 0 aliphatic carbocycles. The molecule has 1 aromatic heterocycles. The number of carbonyl (C=O) groups excluding carboxylic acids is 1. The number of ether oxygens (including phenoxy) is 2. The van der Waals surface area contributed by atoms with Gasteiger partial charge in [-0.25, -0.2) is 9.78 Å². The molecule has 22 heavy (non-hydrogen) atoms. The van der Waals surface area contributed by atoms with Crippen LogP contribution in [0.2, 0.25) is 0 Å². The van der Waals surface area contributed by atoms with Crippen LogP contribution in [0.25, 0.3) is 0 Å². The quantitative estimate of drug-likeness (QED) is 0.808. The van der Waals surface area contributed by atoms with Crippen molar-refractivity contribution in [3.05, 3.63) is 29.6 Å². The van der Waals surface area contributed by atoms with Gasteiger partial charge in [-0.05, 0) is 11.6 Å². The van der Waals surface area contributed by atoms with E-state index in [0.717, 1.165) is 5.56 Å². The normalized spacial score (nSPS) is 17.8. The molecule has 1 aliphatic rings. The number of methoxy groups -OCH3 is 1. The molecule has 0 amide bonds. The Morgan fingerprint density at radius 2 is 2.18 bits per heavy atom. The predicted octanol–water partition coefficient (Wildman–Crippen LogP) is 0.997. The molecule has 0 saturated carbocycles. The number of hydrogen-bond acceptors (Lipinski definition) is 6. The third-order valence-corrected chi connectivity index (χ3v) is 3.14. The minimum absolute atomic E-state index is 0. The van der Waals surface area contributed by atoms with E-state index in [9.17, 15) is 9.59 Å². The number of carbonyl (C=O) groups is 2. The molecule has 0 bridgehead atoms. The SMILES string of the molecule is COC(=O)C1COCCN1Cc1ccc(C(=O)O)nc1.Cl.Cl. The van der Waals surface area contributed by atoms with E-state index in [2.05, 4.69) is 4.98 Å². The average molecular weight is 353 g/mol. The number of halogens is 2. The van der Waals surface area contributed by atoms with Crippen LogP contribution in [0.15, 0.2) is 18.3 Å². The van der Waals surface area contributed by atoms with E-state index < -0.39 is 12.0 Å². The second kappa shape index (κ2) is 9.58. The number of pyridine rings is 1. The Morgan fingerprint density at radius 3 is 2.73 bits per heavy atom. The highest BCUT2D eigenvalue weighted by Gasteiger charge is 2.30. The van der Waals surface area contributed by atoms with Gasteiger partial charge in [0.2, 0.25) is 0 Å². The van der Waals surface area contributed by atoms with Crippen LogP contribution in [0.4, 0.5) is 0 Å². The van der Waals surface area contributed by atoms with Crippen LogP contribution < -0.4 is 0 Å². The van der Waals surface area contributed by atoms with Gasteiger partial charge in [-0.3, -0.25) is 9.69 Å². The van der Waals surface area contributed by atoms with Gasteiger partial charge >= 0.3 is 11.9 Å². The van der Waals surface area contributed by atoms with Crippen LogP contribution in [-0.4, -0.2) is 59.8 Å². The van der Waals surface area contributed by atoms with Gasteiger partial charge < -0.3 is 14.6 Å². The highest BCUT2D eigenvalue weighted by molar-refractivity contribution is 5.86. The average Bonchev–Trinajstić information content (AvgIpc) is 2.47. The molecule has 2 rings (SSSR count). The molecule has 1 aliphatic heterocycles. The molecule has 9 heteroatoms. The molecule has 0 radical (unpaired) electrons. The number of morpholine rings is 1. The summed E-state index contributed by atoms with van der Waals surface area (Å²) in [6.45, 7) is 1.96. The molecule has 1 unspecified atom stereocenters. The molecule has 0 spiro atoms. The highest BCUT2D eigenvalue weighted by atomic mass is 35.5. The van der Waals surface area contributed by atoms with Crippen LogP contribution in [-0.2, 0) is 20.8 Å². The molecule has 1 saturated heterocycles. The zero-order chi connectivity index (χ0) is 14.5. The maximum absolute atomic E-state index is 11.7. The van der Waals surface area contributed by atoms with E-state index in [1.807, 2.05) is 4.90 Å². The van der Waals surface area contributed by atoms with Gasteiger partial charge in [0, 0.05) is 19.3 Å². The van der Waals surface area contributed by atoms with E-state index in [0.29, 0.717) is 26.3 Å². The van der Waals surface area contributed by atoms with Crippen molar-refractivity contribution in [3.8, 4) is 0 Å². The minimum Gasteiger partial charge on any atom is -0.477 e. The smallest absolute Gasteiger partial charge is 0.354 e. The number of aromatic carboxylic acids is 1. The molecule has 1 fully saturated rings. The fourth-order valence-corrected chi connectivity index (χ4v) is 2.06. The Hall–Kier alpha value is -1.41. The Labute approximate surface area is 140 Å². The fourth-order valence-electron chi connectivity index (χ4n) is 2.06. The number of carboxylic acid groups (broad SMARTS) is 1. The van der Waals surface area contributed by atoms with Crippen molar-refractivity contribution in [3.63, 3.8) is 0 Å². The highest BCUT2D eigenvalue weighted by Crippen LogP contribution is 2.13. The summed E-state index contributed by atoms with van der Waals surface area (Å²) in [6.07, 6.45) is 1.51. The monoisotopic (exact) mass is 352 g/mol. The standard InChI is InChI=1S/C13H16N2O5.2ClH/c1-19-13(18)11-8-20-5-4-15(11)7-9-2-3-10(12(16)17)14-6-9;;/h2-3,6,11H,4-5,7-8H2,1H3,(H,16,17);2*1H. The second-order valence-electron chi connectivity index (χ2n) is 4.44. The molecule has 1 aromatic rings. The van der Waals surface area contributed by atoms with Crippen LogP contribution in [0, 0.1) is 0 Å². The maximum Gasteiger partial charge on any atom is 0.354 e. The summed E-state index contributed by atoms with van der Waals surface area (Å²) < 4.78 is 10.0. The fraction of sp³-hybridized carbons (Fsp3) is 0.462. The number of nitrogens with zero attached hydrogens (tertiary/aromatic N) is 2. The van der Waals surface area contributed by atoms with Gasteiger partial charge in [0.05, 0.1) is 20.3 Å². The van der Waals surface area contributed by atoms with Crippen LogP contribution in [0.1, 0.15) is 16.1 Å². The first-order valence-corrected chi connectivity index (χ1v) is 6.19. The van der Waals surface area contributed by atoms with Gasteiger partial charge in [0.1, 0.15) is 11.7 Å². The molecule has 7 nitrogen and oxygen atoms in total. The van der Waals surface area contributed by atoms with E-state index in [1.54, 1.807) is 6.07 Å². The van der Waals surface area contributed by atoms with Crippen molar-refractivity contribution in [2.45, 2.75) is 12.6 Å². The van der Waals surface area contributed by atoms with Crippen molar-refractivity contribution in [2.24, 2.45) is 0 Å². The zero-order valence-electron chi connectivity index (χ0n) is 11.9. The van der Waals surface area contributed by atoms with Crippen molar-refractivity contribution < 1.29 is 24.2 Å². The van der Waals surface area contributed by atoms with Gasteiger partial charge in [-0.1, -0.05) is 6.07 Å². The summed E-state index contributed by atoms with van der Waals surface area (Å²) in [6, 6.07) is 2.71. The molecule has 1 atom stereocenters. The minimum atomic E-state index is -1.06. The van der Waals surface area contributed by atoms with Crippen molar-refractivity contribution in [1.82, 2.24) is 9.88 Å².